The van der Waals surface area contributed by atoms with Crippen LogP contribution in [0, 0.1) is 0 Å². The van der Waals surface area contributed by atoms with E-state index in [0.29, 0.717) is 35.7 Å². The van der Waals surface area contributed by atoms with Gasteiger partial charge in [-0.15, -0.1) is 0 Å². The van der Waals surface area contributed by atoms with E-state index >= 15 is 0 Å². The average Bonchev–Trinajstić information content (AvgIpc) is 2.54. The van der Waals surface area contributed by atoms with Crippen LogP contribution in [0.25, 0.3) is 0 Å². The first-order valence-corrected chi connectivity index (χ1v) is 7.00. The molecule has 1 fully saturated rings. The summed E-state index contributed by atoms with van der Waals surface area (Å²) in [6, 6.07) is 7.01. The van der Waals surface area contributed by atoms with Crippen molar-refractivity contribution in [1.29, 1.82) is 0 Å². The molecule has 1 aliphatic rings. The third-order valence-electron chi connectivity index (χ3n) is 3.11. The van der Waals surface area contributed by atoms with Crippen LogP contribution in [-0.2, 0) is 9.59 Å². The highest BCUT2D eigenvalue weighted by Gasteiger charge is 2.26. The molecule has 1 aliphatic heterocycles. The number of Topliss-reactive ketones (excluding diaryl/α,β-unsaturated/α-hetero) is 1. The average molecular weight is 324 g/mol. The van der Waals surface area contributed by atoms with Crippen LogP contribution in [0.5, 0.6) is 0 Å². The van der Waals surface area contributed by atoms with Gasteiger partial charge in [-0.2, -0.15) is 0 Å². The van der Waals surface area contributed by atoms with Crippen LogP contribution in [0.3, 0.4) is 0 Å². The van der Waals surface area contributed by atoms with Crippen LogP contribution in [-0.4, -0.2) is 29.0 Å². The molecule has 1 aromatic rings. The maximum atomic E-state index is 12.2. The SMILES string of the molecule is O=C(CN1C(=O)CCCCC1=O)c1ccccc1Br. The minimum atomic E-state index is -0.247. The summed E-state index contributed by atoms with van der Waals surface area (Å²) in [4.78, 5) is 36.9. The van der Waals surface area contributed by atoms with Gasteiger partial charge >= 0.3 is 0 Å². The Morgan fingerprint density at radius 1 is 1.11 bits per heavy atom. The summed E-state index contributed by atoms with van der Waals surface area (Å²) in [5, 5.41) is 0. The minimum Gasteiger partial charge on any atom is -0.292 e. The number of imide groups is 1. The zero-order valence-corrected chi connectivity index (χ0v) is 12.0. The van der Waals surface area contributed by atoms with E-state index in [1.807, 2.05) is 6.07 Å². The number of likely N-dealkylation sites (tertiary alicyclic amines) is 1. The molecular formula is C14H14BrNO3. The van der Waals surface area contributed by atoms with Gasteiger partial charge in [-0.1, -0.05) is 34.1 Å². The molecule has 100 valence electrons. The second-order valence-electron chi connectivity index (χ2n) is 4.48. The van der Waals surface area contributed by atoms with Crippen molar-refractivity contribution in [2.45, 2.75) is 25.7 Å². The summed E-state index contributed by atoms with van der Waals surface area (Å²) in [6.45, 7) is -0.166. The van der Waals surface area contributed by atoms with Crippen molar-refractivity contribution >= 4 is 33.5 Å². The van der Waals surface area contributed by atoms with Crippen molar-refractivity contribution in [2.24, 2.45) is 0 Å². The predicted molar refractivity (Wildman–Crippen MR) is 73.7 cm³/mol. The van der Waals surface area contributed by atoms with Crippen LogP contribution in [0.2, 0.25) is 0 Å². The molecule has 2 amide bonds. The first-order chi connectivity index (χ1) is 9.09. The van der Waals surface area contributed by atoms with E-state index in [1.165, 1.54) is 0 Å². The zero-order valence-electron chi connectivity index (χ0n) is 10.4. The molecule has 0 bridgehead atoms. The number of hydrogen-bond acceptors (Lipinski definition) is 3. The Morgan fingerprint density at radius 3 is 2.26 bits per heavy atom. The third-order valence-corrected chi connectivity index (χ3v) is 3.80. The number of benzene rings is 1. The number of rotatable bonds is 3. The van der Waals surface area contributed by atoms with Gasteiger partial charge in [0.05, 0.1) is 6.54 Å². The lowest BCUT2D eigenvalue weighted by atomic mass is 10.1. The fraction of sp³-hybridized carbons (Fsp3) is 0.357. The Hall–Kier alpha value is -1.49. The molecule has 1 saturated heterocycles. The number of ketones is 1. The fourth-order valence-corrected chi connectivity index (χ4v) is 2.56. The molecule has 0 N–H and O–H groups in total. The molecule has 4 nitrogen and oxygen atoms in total. The molecule has 0 unspecified atom stereocenters. The molecular weight excluding hydrogens is 310 g/mol. The number of halogens is 1. The van der Waals surface area contributed by atoms with Crippen molar-refractivity contribution in [3.63, 3.8) is 0 Å². The van der Waals surface area contributed by atoms with Gasteiger partial charge in [0.1, 0.15) is 0 Å². The Labute approximate surface area is 119 Å². The third kappa shape index (κ3) is 3.29. The molecule has 0 spiro atoms. The smallest absolute Gasteiger partial charge is 0.229 e. The largest absolute Gasteiger partial charge is 0.292 e. The van der Waals surface area contributed by atoms with Crippen molar-refractivity contribution in [2.75, 3.05) is 6.54 Å². The van der Waals surface area contributed by atoms with E-state index in [-0.39, 0.29) is 24.1 Å². The van der Waals surface area contributed by atoms with Gasteiger partial charge < -0.3 is 0 Å². The molecule has 5 heteroatoms. The second-order valence-corrected chi connectivity index (χ2v) is 5.34. The second kappa shape index (κ2) is 6.10. The molecule has 19 heavy (non-hydrogen) atoms. The summed E-state index contributed by atoms with van der Waals surface area (Å²) in [5.74, 6) is -0.720. The van der Waals surface area contributed by atoms with Crippen molar-refractivity contribution in [3.8, 4) is 0 Å². The Morgan fingerprint density at radius 2 is 1.68 bits per heavy atom. The highest BCUT2D eigenvalue weighted by Crippen LogP contribution is 2.18. The molecule has 0 saturated carbocycles. The molecule has 0 aromatic heterocycles. The van der Waals surface area contributed by atoms with Crippen molar-refractivity contribution in [3.05, 3.63) is 34.3 Å². The topological polar surface area (TPSA) is 54.5 Å². The first kappa shape index (κ1) is 13.9. The summed E-state index contributed by atoms with van der Waals surface area (Å²) in [6.07, 6.45) is 2.11. The van der Waals surface area contributed by atoms with Gasteiger partial charge in [-0.05, 0) is 18.9 Å². The predicted octanol–water partition coefficient (Wildman–Crippen LogP) is 2.56. The summed E-state index contributed by atoms with van der Waals surface area (Å²) in [5.41, 5.74) is 0.493. The maximum absolute atomic E-state index is 12.2. The van der Waals surface area contributed by atoms with E-state index in [0.717, 1.165) is 4.90 Å². The van der Waals surface area contributed by atoms with Gasteiger partial charge in [0.2, 0.25) is 11.8 Å². The maximum Gasteiger partial charge on any atom is 0.229 e. The Balaban J connectivity index is 2.15. The fourth-order valence-electron chi connectivity index (χ4n) is 2.05. The molecule has 2 rings (SSSR count). The number of amides is 2. The number of hydrogen-bond donors (Lipinski definition) is 0. The first-order valence-electron chi connectivity index (χ1n) is 6.20. The van der Waals surface area contributed by atoms with Crippen molar-refractivity contribution in [1.82, 2.24) is 4.90 Å². The Kier molecular flexibility index (Phi) is 4.47. The van der Waals surface area contributed by atoms with Crippen LogP contribution in [0.15, 0.2) is 28.7 Å². The summed E-state index contributed by atoms with van der Waals surface area (Å²) >= 11 is 3.30. The van der Waals surface area contributed by atoms with Gasteiger partial charge in [-0.25, -0.2) is 0 Å². The van der Waals surface area contributed by atoms with Gasteiger partial charge in [0.25, 0.3) is 0 Å². The van der Waals surface area contributed by atoms with E-state index in [9.17, 15) is 14.4 Å². The van der Waals surface area contributed by atoms with E-state index in [1.54, 1.807) is 18.2 Å². The highest BCUT2D eigenvalue weighted by atomic mass is 79.9. The molecule has 0 aliphatic carbocycles. The minimum absolute atomic E-state index is 0.166. The van der Waals surface area contributed by atoms with Crippen LogP contribution < -0.4 is 0 Å². The number of carbonyl (C=O) groups excluding carboxylic acids is 3. The van der Waals surface area contributed by atoms with Crippen LogP contribution >= 0.6 is 15.9 Å². The van der Waals surface area contributed by atoms with Gasteiger partial charge in [-0.3, -0.25) is 19.3 Å². The lowest BCUT2D eigenvalue weighted by molar-refractivity contribution is -0.143. The van der Waals surface area contributed by atoms with E-state index < -0.39 is 0 Å². The van der Waals surface area contributed by atoms with E-state index in [2.05, 4.69) is 15.9 Å². The lowest BCUT2D eigenvalue weighted by Gasteiger charge is -2.18. The quantitative estimate of drug-likeness (QED) is 0.634. The standard InChI is InChI=1S/C14H14BrNO3/c15-11-6-2-1-5-10(11)12(17)9-16-13(18)7-3-4-8-14(16)19/h1-2,5-6H,3-4,7-9H2. The van der Waals surface area contributed by atoms with Crippen LogP contribution in [0.1, 0.15) is 36.0 Å². The summed E-state index contributed by atoms with van der Waals surface area (Å²) < 4.78 is 0.676. The molecule has 1 heterocycles. The van der Waals surface area contributed by atoms with Crippen LogP contribution in [0.4, 0.5) is 0 Å². The van der Waals surface area contributed by atoms with E-state index in [4.69, 9.17) is 0 Å². The number of carbonyl (C=O) groups is 3. The Bertz CT molecular complexity index is 509. The lowest BCUT2D eigenvalue weighted by Crippen LogP contribution is -2.39. The zero-order chi connectivity index (χ0) is 13.8. The highest BCUT2D eigenvalue weighted by molar-refractivity contribution is 9.10. The number of nitrogens with zero attached hydrogens (tertiary/aromatic N) is 1. The monoisotopic (exact) mass is 323 g/mol. The summed E-state index contributed by atoms with van der Waals surface area (Å²) in [7, 11) is 0. The normalized spacial score (nSPS) is 16.4. The van der Waals surface area contributed by atoms with Crippen molar-refractivity contribution < 1.29 is 14.4 Å². The molecule has 1 aromatic carbocycles. The van der Waals surface area contributed by atoms with Gasteiger partial charge in [0, 0.05) is 22.9 Å². The van der Waals surface area contributed by atoms with Gasteiger partial charge in [0.15, 0.2) is 5.78 Å². The molecule has 0 atom stereocenters. The molecule has 0 radical (unpaired) electrons.